The molecule has 28 heavy (non-hydrogen) atoms. The van der Waals surface area contributed by atoms with Crippen molar-refractivity contribution in [2.75, 3.05) is 51.2 Å². The highest BCUT2D eigenvalue weighted by atomic mass is 16.6. The van der Waals surface area contributed by atoms with Crippen LogP contribution in [0, 0.1) is 0 Å². The Bertz CT molecular complexity index is 568. The number of nitrogens with one attached hydrogen (secondary N) is 1. The molecule has 0 spiro atoms. The molecule has 6 nitrogen and oxygen atoms in total. The summed E-state index contributed by atoms with van der Waals surface area (Å²) in [5, 5.41) is 2.86. The standard InChI is InChI=1S/C22H37N3O3/c1-4-7-15-27-20-12-10-11-19(16-20)23-22(26)28-21(17-24(5-2)6-3)18-25-13-8-9-14-25/h10-12,16,21H,4-9,13-15,17-18H2,1-3H3,(H,23,26). The van der Waals surface area contributed by atoms with Gasteiger partial charge in [-0.2, -0.15) is 0 Å². The summed E-state index contributed by atoms with van der Waals surface area (Å²) in [6.07, 6.45) is 4.03. The van der Waals surface area contributed by atoms with Gasteiger partial charge < -0.3 is 14.4 Å². The van der Waals surface area contributed by atoms with Crippen LogP contribution in [-0.4, -0.2) is 67.9 Å². The Morgan fingerprint density at radius 3 is 2.64 bits per heavy atom. The van der Waals surface area contributed by atoms with E-state index in [2.05, 4.69) is 35.9 Å². The zero-order chi connectivity index (χ0) is 20.2. The number of nitrogens with zero attached hydrogens (tertiary/aromatic N) is 2. The number of likely N-dealkylation sites (N-methyl/N-ethyl adjacent to an activating group) is 1. The minimum Gasteiger partial charge on any atom is -0.494 e. The second kappa shape index (κ2) is 12.6. The second-order valence-corrected chi connectivity index (χ2v) is 7.38. The van der Waals surface area contributed by atoms with Gasteiger partial charge in [-0.05, 0) is 57.6 Å². The zero-order valence-corrected chi connectivity index (χ0v) is 17.8. The second-order valence-electron chi connectivity index (χ2n) is 7.38. The predicted molar refractivity (Wildman–Crippen MR) is 114 cm³/mol. The van der Waals surface area contributed by atoms with Crippen molar-refractivity contribution in [3.8, 4) is 5.75 Å². The fourth-order valence-corrected chi connectivity index (χ4v) is 3.45. The van der Waals surface area contributed by atoms with E-state index >= 15 is 0 Å². The first-order valence-corrected chi connectivity index (χ1v) is 10.8. The van der Waals surface area contributed by atoms with Crippen LogP contribution in [0.4, 0.5) is 10.5 Å². The van der Waals surface area contributed by atoms with Gasteiger partial charge in [-0.1, -0.05) is 33.3 Å². The molecule has 0 saturated carbocycles. The summed E-state index contributed by atoms with van der Waals surface area (Å²) in [7, 11) is 0. The number of hydrogen-bond donors (Lipinski definition) is 1. The Balaban J connectivity index is 1.91. The third kappa shape index (κ3) is 8.07. The van der Waals surface area contributed by atoms with Crippen molar-refractivity contribution >= 4 is 11.8 Å². The van der Waals surface area contributed by atoms with Crippen LogP contribution in [0.2, 0.25) is 0 Å². The van der Waals surface area contributed by atoms with Gasteiger partial charge in [-0.15, -0.1) is 0 Å². The molecular formula is C22H37N3O3. The first-order chi connectivity index (χ1) is 13.6. The van der Waals surface area contributed by atoms with Gasteiger partial charge in [0, 0.05) is 24.8 Å². The lowest BCUT2D eigenvalue weighted by atomic mass is 10.3. The molecule has 0 aliphatic carbocycles. The fraction of sp³-hybridized carbons (Fsp3) is 0.682. The van der Waals surface area contributed by atoms with Crippen molar-refractivity contribution in [3.63, 3.8) is 0 Å². The number of carbonyl (C=O) groups excluding carboxylic acids is 1. The summed E-state index contributed by atoms with van der Waals surface area (Å²) in [6.45, 7) is 12.8. The molecule has 1 amide bonds. The Morgan fingerprint density at radius 1 is 1.21 bits per heavy atom. The maximum atomic E-state index is 12.5. The van der Waals surface area contributed by atoms with E-state index in [1.807, 2.05) is 24.3 Å². The van der Waals surface area contributed by atoms with Crippen LogP contribution in [0.3, 0.4) is 0 Å². The summed E-state index contributed by atoms with van der Waals surface area (Å²) in [4.78, 5) is 17.2. The Kier molecular flexibility index (Phi) is 10.1. The summed E-state index contributed by atoms with van der Waals surface area (Å²) in [5.74, 6) is 0.767. The molecule has 1 aromatic rings. The summed E-state index contributed by atoms with van der Waals surface area (Å²) < 4.78 is 11.5. The molecule has 1 fully saturated rings. The number of rotatable bonds is 12. The van der Waals surface area contributed by atoms with E-state index in [-0.39, 0.29) is 6.10 Å². The van der Waals surface area contributed by atoms with Crippen molar-refractivity contribution in [3.05, 3.63) is 24.3 Å². The van der Waals surface area contributed by atoms with Crippen molar-refractivity contribution in [1.29, 1.82) is 0 Å². The Hall–Kier alpha value is -1.79. The van der Waals surface area contributed by atoms with Gasteiger partial charge in [0.2, 0.25) is 0 Å². The largest absolute Gasteiger partial charge is 0.494 e. The van der Waals surface area contributed by atoms with Gasteiger partial charge in [-0.25, -0.2) is 4.79 Å². The molecule has 1 unspecified atom stereocenters. The third-order valence-electron chi connectivity index (χ3n) is 5.14. The molecule has 1 saturated heterocycles. The molecule has 1 N–H and O–H groups in total. The lowest BCUT2D eigenvalue weighted by Gasteiger charge is -2.28. The maximum absolute atomic E-state index is 12.5. The zero-order valence-electron chi connectivity index (χ0n) is 17.8. The number of hydrogen-bond acceptors (Lipinski definition) is 5. The molecule has 1 heterocycles. The normalized spacial score (nSPS) is 15.6. The Labute approximate surface area is 170 Å². The van der Waals surface area contributed by atoms with Crippen LogP contribution in [-0.2, 0) is 4.74 Å². The van der Waals surface area contributed by atoms with E-state index < -0.39 is 6.09 Å². The van der Waals surface area contributed by atoms with E-state index in [4.69, 9.17) is 9.47 Å². The molecule has 0 bridgehead atoms. The van der Waals surface area contributed by atoms with Gasteiger partial charge in [0.1, 0.15) is 11.9 Å². The molecule has 0 radical (unpaired) electrons. The number of likely N-dealkylation sites (tertiary alicyclic amines) is 1. The van der Waals surface area contributed by atoms with Crippen LogP contribution in [0.5, 0.6) is 5.75 Å². The lowest BCUT2D eigenvalue weighted by Crippen LogP contribution is -2.42. The molecule has 1 aliphatic rings. The number of benzene rings is 1. The maximum Gasteiger partial charge on any atom is 0.411 e. The summed E-state index contributed by atoms with van der Waals surface area (Å²) in [5.41, 5.74) is 0.696. The minimum absolute atomic E-state index is 0.137. The molecule has 6 heteroatoms. The lowest BCUT2D eigenvalue weighted by molar-refractivity contribution is 0.0605. The van der Waals surface area contributed by atoms with E-state index in [0.29, 0.717) is 12.3 Å². The molecule has 1 aliphatic heterocycles. The predicted octanol–water partition coefficient (Wildman–Crippen LogP) is 4.22. The average Bonchev–Trinajstić information content (AvgIpc) is 3.19. The van der Waals surface area contributed by atoms with Crippen molar-refractivity contribution in [2.45, 2.75) is 52.6 Å². The van der Waals surface area contributed by atoms with Crippen molar-refractivity contribution < 1.29 is 14.3 Å². The third-order valence-corrected chi connectivity index (χ3v) is 5.14. The van der Waals surface area contributed by atoms with Crippen molar-refractivity contribution in [2.24, 2.45) is 0 Å². The topological polar surface area (TPSA) is 54.0 Å². The number of anilines is 1. The van der Waals surface area contributed by atoms with E-state index in [1.165, 1.54) is 12.8 Å². The first-order valence-electron chi connectivity index (χ1n) is 10.8. The average molecular weight is 392 g/mol. The molecule has 0 aromatic heterocycles. The Morgan fingerprint density at radius 2 is 1.96 bits per heavy atom. The SMILES string of the molecule is CCCCOc1cccc(NC(=O)OC(CN(CC)CC)CN2CCCC2)c1. The van der Waals surface area contributed by atoms with Crippen LogP contribution >= 0.6 is 0 Å². The van der Waals surface area contributed by atoms with E-state index in [9.17, 15) is 4.79 Å². The smallest absolute Gasteiger partial charge is 0.411 e. The fourth-order valence-electron chi connectivity index (χ4n) is 3.45. The highest BCUT2D eigenvalue weighted by Crippen LogP contribution is 2.18. The van der Waals surface area contributed by atoms with Gasteiger partial charge >= 0.3 is 6.09 Å². The van der Waals surface area contributed by atoms with Crippen LogP contribution < -0.4 is 10.1 Å². The molecule has 1 atom stereocenters. The van der Waals surface area contributed by atoms with Gasteiger partial charge in [0.25, 0.3) is 0 Å². The minimum atomic E-state index is -0.401. The van der Waals surface area contributed by atoms with E-state index in [1.54, 1.807) is 0 Å². The van der Waals surface area contributed by atoms with Crippen molar-refractivity contribution in [1.82, 2.24) is 9.80 Å². The van der Waals surface area contributed by atoms with Crippen LogP contribution in [0.15, 0.2) is 24.3 Å². The number of carbonyl (C=O) groups is 1. The summed E-state index contributed by atoms with van der Waals surface area (Å²) >= 11 is 0. The number of amides is 1. The van der Waals surface area contributed by atoms with Crippen LogP contribution in [0.1, 0.15) is 46.5 Å². The van der Waals surface area contributed by atoms with Gasteiger partial charge in [-0.3, -0.25) is 10.2 Å². The highest BCUT2D eigenvalue weighted by molar-refractivity contribution is 5.85. The number of ether oxygens (including phenoxy) is 2. The van der Waals surface area contributed by atoms with Gasteiger partial charge in [0.15, 0.2) is 0 Å². The first kappa shape index (κ1) is 22.5. The highest BCUT2D eigenvalue weighted by Gasteiger charge is 2.22. The monoisotopic (exact) mass is 391 g/mol. The quantitative estimate of drug-likeness (QED) is 0.541. The van der Waals surface area contributed by atoms with Gasteiger partial charge in [0.05, 0.1) is 6.61 Å². The van der Waals surface area contributed by atoms with E-state index in [0.717, 1.165) is 57.9 Å². The number of unbranched alkanes of at least 4 members (excludes halogenated alkanes) is 1. The molecular weight excluding hydrogens is 354 g/mol. The molecule has 1 aromatic carbocycles. The summed E-state index contributed by atoms with van der Waals surface area (Å²) in [6, 6.07) is 7.49. The molecule has 2 rings (SSSR count). The van der Waals surface area contributed by atoms with Crippen LogP contribution in [0.25, 0.3) is 0 Å². The molecule has 158 valence electrons.